The molecule has 2 amide bonds. The molecule has 0 aliphatic heterocycles. The lowest BCUT2D eigenvalue weighted by Gasteiger charge is -2.22. The number of nitriles is 1. The number of carbonyl (C=O) groups is 2. The minimum Gasteiger partial charge on any atom is -0.344 e. The monoisotopic (exact) mass is 377 g/mol. The average molecular weight is 377 g/mol. The normalized spacial score (nSPS) is 16.3. The molecular formula is C18H23N3O4S. The molecule has 1 fully saturated rings. The highest BCUT2D eigenvalue weighted by Crippen LogP contribution is 2.23. The Labute approximate surface area is 153 Å². The molecule has 1 aliphatic rings. The number of rotatable bonds is 6. The van der Waals surface area contributed by atoms with Crippen molar-refractivity contribution in [2.75, 3.05) is 0 Å². The van der Waals surface area contributed by atoms with Crippen LogP contribution in [0.15, 0.2) is 24.3 Å². The first-order valence-electron chi connectivity index (χ1n) is 8.65. The van der Waals surface area contributed by atoms with E-state index in [1.807, 2.05) is 10.8 Å². The Morgan fingerprint density at radius 1 is 1.23 bits per heavy atom. The van der Waals surface area contributed by atoms with E-state index in [1.54, 1.807) is 12.1 Å². The third kappa shape index (κ3) is 5.56. The molecule has 0 unspecified atom stereocenters. The fraction of sp³-hybridized carbons (Fsp3) is 0.500. The van der Waals surface area contributed by atoms with Gasteiger partial charge in [-0.2, -0.15) is 5.26 Å². The van der Waals surface area contributed by atoms with Gasteiger partial charge in [-0.1, -0.05) is 37.5 Å². The molecule has 0 spiro atoms. The van der Waals surface area contributed by atoms with E-state index in [0.717, 1.165) is 32.1 Å². The maximum Gasteiger partial charge on any atom is 0.255 e. The lowest BCUT2D eigenvalue weighted by atomic mass is 9.88. The smallest absolute Gasteiger partial charge is 0.255 e. The summed E-state index contributed by atoms with van der Waals surface area (Å²) in [4.78, 5) is 24.3. The molecule has 1 aromatic carbocycles. The minimum atomic E-state index is -3.97. The molecule has 0 aromatic heterocycles. The van der Waals surface area contributed by atoms with Gasteiger partial charge < -0.3 is 5.32 Å². The molecule has 26 heavy (non-hydrogen) atoms. The van der Waals surface area contributed by atoms with Gasteiger partial charge in [-0.3, -0.25) is 14.3 Å². The first-order chi connectivity index (χ1) is 12.3. The highest BCUT2D eigenvalue weighted by Gasteiger charge is 2.26. The Morgan fingerprint density at radius 3 is 2.54 bits per heavy atom. The second kappa shape index (κ2) is 8.81. The number of sulfonamides is 1. The predicted octanol–water partition coefficient (Wildman–Crippen LogP) is 1.59. The fourth-order valence-electron chi connectivity index (χ4n) is 3.00. The maximum atomic E-state index is 12.2. The summed E-state index contributed by atoms with van der Waals surface area (Å²) in [5.74, 6) is -1.59. The van der Waals surface area contributed by atoms with E-state index >= 15 is 0 Å². The quantitative estimate of drug-likeness (QED) is 0.781. The minimum absolute atomic E-state index is 0.113. The fourth-order valence-corrected chi connectivity index (χ4v) is 4.22. The molecule has 0 bridgehead atoms. The van der Waals surface area contributed by atoms with Gasteiger partial charge in [0.05, 0.1) is 17.4 Å². The summed E-state index contributed by atoms with van der Waals surface area (Å²) in [6, 6.07) is 7.27. The van der Waals surface area contributed by atoms with Crippen molar-refractivity contribution >= 4 is 21.8 Å². The number of hydrogen-bond acceptors (Lipinski definition) is 5. The van der Waals surface area contributed by atoms with Gasteiger partial charge in [-0.05, 0) is 31.4 Å². The van der Waals surface area contributed by atoms with Crippen molar-refractivity contribution in [3.63, 3.8) is 0 Å². The molecule has 8 heteroatoms. The third-order valence-electron chi connectivity index (χ3n) is 4.47. The van der Waals surface area contributed by atoms with Crippen LogP contribution in [0.4, 0.5) is 0 Å². The molecule has 1 saturated carbocycles. The Kier molecular flexibility index (Phi) is 6.75. The van der Waals surface area contributed by atoms with E-state index in [4.69, 9.17) is 5.26 Å². The SMILES string of the molecule is C[C@H](NC(=O)C1CCCCC1)C(=O)NS(=O)(=O)Cc1ccccc1C#N. The molecule has 2 rings (SSSR count). The zero-order valence-corrected chi connectivity index (χ0v) is 15.5. The van der Waals surface area contributed by atoms with Crippen LogP contribution in [0.5, 0.6) is 0 Å². The van der Waals surface area contributed by atoms with Crippen LogP contribution in [0.3, 0.4) is 0 Å². The average Bonchev–Trinajstić information content (AvgIpc) is 2.62. The van der Waals surface area contributed by atoms with Gasteiger partial charge >= 0.3 is 0 Å². The standard InChI is InChI=1S/C18H23N3O4S/c1-13(20-18(23)14-7-3-2-4-8-14)17(22)21-26(24,25)12-16-10-6-5-9-15(16)11-19/h5-6,9-10,13-14H,2-4,7-8,12H2,1H3,(H,20,23)(H,21,22)/t13-/m0/s1. The number of hydrogen-bond donors (Lipinski definition) is 2. The van der Waals surface area contributed by atoms with E-state index in [1.165, 1.54) is 19.1 Å². The van der Waals surface area contributed by atoms with Crippen LogP contribution in [0, 0.1) is 17.2 Å². The van der Waals surface area contributed by atoms with Gasteiger partial charge in [-0.15, -0.1) is 0 Å². The number of carbonyl (C=O) groups excluding carboxylic acids is 2. The third-order valence-corrected chi connectivity index (χ3v) is 5.67. The zero-order chi connectivity index (χ0) is 19.2. The van der Waals surface area contributed by atoms with Crippen LogP contribution in [0.25, 0.3) is 0 Å². The summed E-state index contributed by atoms with van der Waals surface area (Å²) in [6.45, 7) is 1.45. The van der Waals surface area contributed by atoms with Crippen LogP contribution in [-0.2, 0) is 25.4 Å². The van der Waals surface area contributed by atoms with Crippen LogP contribution in [0.1, 0.15) is 50.2 Å². The Morgan fingerprint density at radius 2 is 1.88 bits per heavy atom. The summed E-state index contributed by atoms with van der Waals surface area (Å²) in [5.41, 5.74) is 0.554. The van der Waals surface area contributed by atoms with E-state index in [-0.39, 0.29) is 17.4 Å². The van der Waals surface area contributed by atoms with Crippen molar-refractivity contribution in [1.29, 1.82) is 5.26 Å². The van der Waals surface area contributed by atoms with Gasteiger partial charge in [0.15, 0.2) is 0 Å². The molecule has 0 radical (unpaired) electrons. The van der Waals surface area contributed by atoms with E-state index in [0.29, 0.717) is 5.56 Å². The number of amides is 2. The summed E-state index contributed by atoms with van der Waals surface area (Å²) in [7, 11) is -3.97. The highest BCUT2D eigenvalue weighted by atomic mass is 32.2. The number of nitrogens with zero attached hydrogens (tertiary/aromatic N) is 1. The van der Waals surface area contributed by atoms with Gasteiger partial charge in [-0.25, -0.2) is 8.42 Å². The van der Waals surface area contributed by atoms with Crippen molar-refractivity contribution < 1.29 is 18.0 Å². The molecule has 0 heterocycles. The molecular weight excluding hydrogens is 354 g/mol. The van der Waals surface area contributed by atoms with Crippen LogP contribution >= 0.6 is 0 Å². The van der Waals surface area contributed by atoms with Gasteiger partial charge in [0, 0.05) is 5.92 Å². The second-order valence-corrected chi connectivity index (χ2v) is 8.28. The van der Waals surface area contributed by atoms with Crippen molar-refractivity contribution in [1.82, 2.24) is 10.0 Å². The van der Waals surface area contributed by atoms with Crippen molar-refractivity contribution in [3.8, 4) is 6.07 Å². The Hall–Kier alpha value is -2.40. The first-order valence-corrected chi connectivity index (χ1v) is 10.3. The molecule has 1 atom stereocenters. The number of benzene rings is 1. The largest absolute Gasteiger partial charge is 0.344 e. The van der Waals surface area contributed by atoms with Crippen molar-refractivity contribution in [2.45, 2.75) is 50.8 Å². The van der Waals surface area contributed by atoms with E-state index < -0.39 is 27.7 Å². The van der Waals surface area contributed by atoms with Crippen molar-refractivity contribution in [3.05, 3.63) is 35.4 Å². The van der Waals surface area contributed by atoms with Crippen LogP contribution in [-0.4, -0.2) is 26.3 Å². The van der Waals surface area contributed by atoms with E-state index in [2.05, 4.69) is 5.32 Å². The van der Waals surface area contributed by atoms with E-state index in [9.17, 15) is 18.0 Å². The van der Waals surface area contributed by atoms with Crippen LogP contribution in [0.2, 0.25) is 0 Å². The summed E-state index contributed by atoms with van der Waals surface area (Å²) >= 11 is 0. The van der Waals surface area contributed by atoms with Crippen LogP contribution < -0.4 is 10.0 Å². The summed E-state index contributed by atoms with van der Waals surface area (Å²) in [6.07, 6.45) is 4.69. The van der Waals surface area contributed by atoms with Gasteiger partial charge in [0.25, 0.3) is 5.91 Å². The molecule has 7 nitrogen and oxygen atoms in total. The van der Waals surface area contributed by atoms with Crippen molar-refractivity contribution in [2.24, 2.45) is 5.92 Å². The highest BCUT2D eigenvalue weighted by molar-refractivity contribution is 7.89. The lowest BCUT2D eigenvalue weighted by Crippen LogP contribution is -2.48. The second-order valence-electron chi connectivity index (χ2n) is 6.56. The number of nitrogens with one attached hydrogen (secondary N) is 2. The Balaban J connectivity index is 1.94. The molecule has 140 valence electrons. The summed E-state index contributed by atoms with van der Waals surface area (Å²) in [5, 5.41) is 11.6. The molecule has 1 aromatic rings. The lowest BCUT2D eigenvalue weighted by molar-refractivity contribution is -0.130. The molecule has 0 saturated heterocycles. The predicted molar refractivity (Wildman–Crippen MR) is 96.1 cm³/mol. The topological polar surface area (TPSA) is 116 Å². The Bertz CT molecular complexity index is 808. The maximum absolute atomic E-state index is 12.2. The van der Waals surface area contributed by atoms with Gasteiger partial charge in [0.1, 0.15) is 6.04 Å². The zero-order valence-electron chi connectivity index (χ0n) is 14.7. The first kappa shape index (κ1) is 19.9. The van der Waals surface area contributed by atoms with Gasteiger partial charge in [0.2, 0.25) is 15.9 Å². The summed E-state index contributed by atoms with van der Waals surface area (Å²) < 4.78 is 26.4. The molecule has 2 N–H and O–H groups in total. The molecule has 1 aliphatic carbocycles.